The molecular weight excluding hydrogens is 224 g/mol. The Morgan fingerprint density at radius 3 is 2.82 bits per heavy atom. The van der Waals surface area contributed by atoms with Crippen LogP contribution in [0.4, 0.5) is 0 Å². The van der Waals surface area contributed by atoms with E-state index < -0.39 is 0 Å². The van der Waals surface area contributed by atoms with Crippen LogP contribution < -0.4 is 0 Å². The van der Waals surface area contributed by atoms with Gasteiger partial charge in [-0.05, 0) is 42.7 Å². The zero-order valence-electron chi connectivity index (χ0n) is 10.1. The molecule has 0 aliphatic heterocycles. The zero-order chi connectivity index (χ0) is 11.5. The number of hydrogen-bond acceptors (Lipinski definition) is 1. The first-order valence-corrected chi connectivity index (χ1v) is 7.37. The molecule has 1 saturated carbocycles. The van der Waals surface area contributed by atoms with Crippen molar-refractivity contribution >= 4 is 21.4 Å². The van der Waals surface area contributed by atoms with E-state index in [4.69, 9.17) is 0 Å². The molecule has 2 aromatic rings. The largest absolute Gasteiger partial charge is 0.140 e. The number of rotatable bonds is 3. The second-order valence-corrected chi connectivity index (χ2v) is 6.10. The molecule has 17 heavy (non-hydrogen) atoms. The molecule has 1 fully saturated rings. The van der Waals surface area contributed by atoms with Gasteiger partial charge in [-0.15, -0.1) is 11.3 Å². The second-order valence-electron chi connectivity index (χ2n) is 4.93. The summed E-state index contributed by atoms with van der Waals surface area (Å²) in [5, 5.41) is 1.39. The molecular formula is C16H18S. The van der Waals surface area contributed by atoms with Crippen molar-refractivity contribution in [3.8, 4) is 0 Å². The number of hydrogen-bond donors (Lipinski definition) is 0. The summed E-state index contributed by atoms with van der Waals surface area (Å²) < 4.78 is 1.41. The zero-order valence-corrected chi connectivity index (χ0v) is 10.9. The van der Waals surface area contributed by atoms with E-state index >= 15 is 0 Å². The van der Waals surface area contributed by atoms with E-state index in [-0.39, 0.29) is 0 Å². The Morgan fingerprint density at radius 2 is 2.00 bits per heavy atom. The molecule has 1 aliphatic carbocycles. The third-order valence-electron chi connectivity index (χ3n) is 3.60. The molecule has 0 spiro atoms. The molecule has 1 aromatic carbocycles. The van der Waals surface area contributed by atoms with E-state index in [2.05, 4.69) is 42.5 Å². The van der Waals surface area contributed by atoms with Gasteiger partial charge in [0, 0.05) is 9.58 Å². The van der Waals surface area contributed by atoms with E-state index in [1.54, 1.807) is 0 Å². The van der Waals surface area contributed by atoms with Crippen LogP contribution in [0.15, 0.2) is 42.5 Å². The SMILES string of the molecule is C(=C\C1CCCC1)/Cc1cc2ccccc2s1. The highest BCUT2D eigenvalue weighted by molar-refractivity contribution is 7.19. The van der Waals surface area contributed by atoms with Gasteiger partial charge < -0.3 is 0 Å². The highest BCUT2D eigenvalue weighted by Gasteiger charge is 2.10. The first-order valence-electron chi connectivity index (χ1n) is 6.56. The van der Waals surface area contributed by atoms with Crippen LogP contribution in [-0.4, -0.2) is 0 Å². The van der Waals surface area contributed by atoms with Gasteiger partial charge in [0.25, 0.3) is 0 Å². The van der Waals surface area contributed by atoms with Crippen LogP contribution in [0, 0.1) is 5.92 Å². The minimum absolute atomic E-state index is 0.865. The first-order chi connectivity index (χ1) is 8.42. The molecule has 1 heterocycles. The average Bonchev–Trinajstić information content (AvgIpc) is 2.96. The fraction of sp³-hybridized carbons (Fsp3) is 0.375. The van der Waals surface area contributed by atoms with Gasteiger partial charge in [-0.3, -0.25) is 0 Å². The molecule has 0 radical (unpaired) electrons. The summed E-state index contributed by atoms with van der Waals surface area (Å²) in [4.78, 5) is 1.49. The Labute approximate surface area is 107 Å². The van der Waals surface area contributed by atoms with Gasteiger partial charge in [-0.1, -0.05) is 43.2 Å². The molecule has 0 nitrogen and oxygen atoms in total. The number of benzene rings is 1. The molecule has 88 valence electrons. The molecule has 1 heteroatoms. The van der Waals surface area contributed by atoms with Gasteiger partial charge in [0.15, 0.2) is 0 Å². The number of thiophene rings is 1. The van der Waals surface area contributed by atoms with Crippen LogP contribution in [0.5, 0.6) is 0 Å². The van der Waals surface area contributed by atoms with Crippen LogP contribution in [0.25, 0.3) is 10.1 Å². The van der Waals surface area contributed by atoms with Crippen LogP contribution in [0.3, 0.4) is 0 Å². The van der Waals surface area contributed by atoms with Crippen molar-refractivity contribution in [2.45, 2.75) is 32.1 Å². The molecule has 0 unspecified atom stereocenters. The van der Waals surface area contributed by atoms with Crippen molar-refractivity contribution in [2.24, 2.45) is 5.92 Å². The summed E-state index contributed by atoms with van der Waals surface area (Å²) in [6, 6.07) is 11.0. The van der Waals surface area contributed by atoms with Crippen molar-refractivity contribution in [1.29, 1.82) is 0 Å². The maximum Gasteiger partial charge on any atom is 0.0345 e. The van der Waals surface area contributed by atoms with Gasteiger partial charge in [0.05, 0.1) is 0 Å². The van der Waals surface area contributed by atoms with Crippen molar-refractivity contribution in [3.05, 3.63) is 47.4 Å². The lowest BCUT2D eigenvalue weighted by atomic mass is 10.1. The minimum Gasteiger partial charge on any atom is -0.140 e. The van der Waals surface area contributed by atoms with Crippen LogP contribution >= 0.6 is 11.3 Å². The fourth-order valence-corrected chi connectivity index (χ4v) is 3.70. The standard InChI is InChI=1S/C16H18S/c1-2-7-13(6-1)8-5-10-15-12-14-9-3-4-11-16(14)17-15/h3-5,8-9,11-13H,1-2,6-7,10H2/b8-5+. The monoisotopic (exact) mass is 242 g/mol. The first kappa shape index (κ1) is 11.0. The summed E-state index contributed by atoms with van der Waals surface area (Å²) in [5.74, 6) is 0.865. The molecule has 1 aromatic heterocycles. The summed E-state index contributed by atoms with van der Waals surface area (Å²) in [6.07, 6.45) is 11.6. The molecule has 0 N–H and O–H groups in total. The fourth-order valence-electron chi connectivity index (χ4n) is 2.66. The predicted octanol–water partition coefficient (Wildman–Crippen LogP) is 5.19. The Morgan fingerprint density at radius 1 is 1.18 bits per heavy atom. The average molecular weight is 242 g/mol. The van der Waals surface area contributed by atoms with Crippen molar-refractivity contribution in [1.82, 2.24) is 0 Å². The van der Waals surface area contributed by atoms with E-state index in [1.807, 2.05) is 11.3 Å². The predicted molar refractivity (Wildman–Crippen MR) is 76.6 cm³/mol. The van der Waals surface area contributed by atoms with E-state index in [9.17, 15) is 0 Å². The van der Waals surface area contributed by atoms with Gasteiger partial charge in [0.2, 0.25) is 0 Å². The molecule has 0 atom stereocenters. The third kappa shape index (κ3) is 2.61. The Kier molecular flexibility index (Phi) is 3.28. The van der Waals surface area contributed by atoms with Gasteiger partial charge >= 0.3 is 0 Å². The topological polar surface area (TPSA) is 0 Å². The van der Waals surface area contributed by atoms with Crippen LogP contribution in [-0.2, 0) is 6.42 Å². The normalized spacial score (nSPS) is 17.4. The van der Waals surface area contributed by atoms with Crippen LogP contribution in [0.1, 0.15) is 30.6 Å². The summed E-state index contributed by atoms with van der Waals surface area (Å²) >= 11 is 1.93. The lowest BCUT2D eigenvalue weighted by molar-refractivity contribution is 0.684. The van der Waals surface area contributed by atoms with E-state index in [1.165, 1.54) is 40.6 Å². The summed E-state index contributed by atoms with van der Waals surface area (Å²) in [7, 11) is 0. The van der Waals surface area contributed by atoms with Crippen molar-refractivity contribution in [2.75, 3.05) is 0 Å². The van der Waals surface area contributed by atoms with Crippen molar-refractivity contribution < 1.29 is 0 Å². The van der Waals surface area contributed by atoms with E-state index in [0.29, 0.717) is 0 Å². The minimum atomic E-state index is 0.865. The Bertz CT molecular complexity index is 482. The lowest BCUT2D eigenvalue weighted by Gasteiger charge is -1.98. The Hall–Kier alpha value is -1.08. The van der Waals surface area contributed by atoms with Crippen molar-refractivity contribution in [3.63, 3.8) is 0 Å². The third-order valence-corrected chi connectivity index (χ3v) is 4.74. The summed E-state index contributed by atoms with van der Waals surface area (Å²) in [5.41, 5.74) is 0. The molecule has 3 rings (SSSR count). The van der Waals surface area contributed by atoms with E-state index in [0.717, 1.165) is 12.3 Å². The van der Waals surface area contributed by atoms with Gasteiger partial charge in [-0.25, -0.2) is 0 Å². The molecule has 0 bridgehead atoms. The smallest absolute Gasteiger partial charge is 0.0345 e. The van der Waals surface area contributed by atoms with Crippen LogP contribution in [0.2, 0.25) is 0 Å². The lowest BCUT2D eigenvalue weighted by Crippen LogP contribution is -1.85. The summed E-state index contributed by atoms with van der Waals surface area (Å²) in [6.45, 7) is 0. The quantitative estimate of drug-likeness (QED) is 0.650. The molecule has 0 saturated heterocycles. The van der Waals surface area contributed by atoms with Gasteiger partial charge in [-0.2, -0.15) is 0 Å². The Balaban J connectivity index is 1.68. The van der Waals surface area contributed by atoms with Gasteiger partial charge in [0.1, 0.15) is 0 Å². The number of fused-ring (bicyclic) bond motifs is 1. The molecule has 1 aliphatic rings. The second kappa shape index (κ2) is 5.05. The highest BCUT2D eigenvalue weighted by atomic mass is 32.1. The highest BCUT2D eigenvalue weighted by Crippen LogP contribution is 2.28. The molecule has 0 amide bonds. The maximum absolute atomic E-state index is 2.44. The number of allylic oxidation sites excluding steroid dienone is 2. The maximum atomic E-state index is 2.44.